The van der Waals surface area contributed by atoms with E-state index in [2.05, 4.69) is 14.9 Å². The smallest absolute Gasteiger partial charge is 0.254 e. The van der Waals surface area contributed by atoms with E-state index in [0.29, 0.717) is 6.54 Å². The predicted octanol–water partition coefficient (Wildman–Crippen LogP) is 4.20. The number of aryl methyl sites for hydroxylation is 1. The second-order valence-electron chi connectivity index (χ2n) is 7.07. The maximum atomic E-state index is 12.8. The van der Waals surface area contributed by atoms with Crippen molar-refractivity contribution in [3.8, 4) is 11.1 Å². The first-order valence-corrected chi connectivity index (χ1v) is 10.3. The Hall–Kier alpha value is -2.51. The van der Waals surface area contributed by atoms with E-state index in [1.807, 2.05) is 43.7 Å². The Balaban J connectivity index is 0.00000240. The van der Waals surface area contributed by atoms with Gasteiger partial charge in [-0.2, -0.15) is 0 Å². The van der Waals surface area contributed by atoms with Gasteiger partial charge in [0.15, 0.2) is 0 Å². The largest absolute Gasteiger partial charge is 0.341 e. The van der Waals surface area contributed by atoms with Crippen molar-refractivity contribution < 1.29 is 4.79 Å². The summed E-state index contributed by atoms with van der Waals surface area (Å²) >= 11 is 1.59. The van der Waals surface area contributed by atoms with Gasteiger partial charge in [-0.15, -0.1) is 23.7 Å². The molecule has 0 atom stereocenters. The summed E-state index contributed by atoms with van der Waals surface area (Å²) in [6.07, 6.45) is 7.73. The van der Waals surface area contributed by atoms with E-state index in [9.17, 15) is 4.79 Å². The molecule has 152 valence electrons. The molecular formula is C21H24ClN5OS. The first kappa shape index (κ1) is 21.2. The van der Waals surface area contributed by atoms with Gasteiger partial charge in [-0.25, -0.2) is 9.97 Å². The molecule has 0 N–H and O–H groups in total. The first-order chi connectivity index (χ1) is 13.6. The quantitative estimate of drug-likeness (QED) is 0.608. The van der Waals surface area contributed by atoms with E-state index >= 15 is 0 Å². The van der Waals surface area contributed by atoms with E-state index < -0.39 is 0 Å². The van der Waals surface area contributed by atoms with Crippen LogP contribution in [-0.4, -0.2) is 45.9 Å². The SMILES string of the molecule is Cc1cc(C(=O)N(C)Cc2nc(N3CCCC3)ncc2-c2ccncc2)cs1.Cl. The molecule has 0 aromatic carbocycles. The van der Waals surface area contributed by atoms with Gasteiger partial charge >= 0.3 is 0 Å². The van der Waals surface area contributed by atoms with Crippen LogP contribution >= 0.6 is 23.7 Å². The number of nitrogens with zero attached hydrogens (tertiary/aromatic N) is 5. The van der Waals surface area contributed by atoms with Crippen LogP contribution in [0.2, 0.25) is 0 Å². The third-order valence-electron chi connectivity index (χ3n) is 4.95. The van der Waals surface area contributed by atoms with E-state index in [4.69, 9.17) is 4.98 Å². The summed E-state index contributed by atoms with van der Waals surface area (Å²) in [5.41, 5.74) is 3.52. The number of amides is 1. The molecule has 6 nitrogen and oxygen atoms in total. The van der Waals surface area contributed by atoms with Gasteiger partial charge in [-0.05, 0) is 43.5 Å². The molecule has 0 unspecified atom stereocenters. The van der Waals surface area contributed by atoms with Gasteiger partial charge in [0.2, 0.25) is 5.95 Å². The number of anilines is 1. The van der Waals surface area contributed by atoms with Gasteiger partial charge in [0.1, 0.15) is 0 Å². The van der Waals surface area contributed by atoms with Crippen molar-refractivity contribution in [3.05, 3.63) is 58.3 Å². The van der Waals surface area contributed by atoms with Gasteiger partial charge in [0, 0.05) is 54.5 Å². The highest BCUT2D eigenvalue weighted by molar-refractivity contribution is 7.10. The fourth-order valence-electron chi connectivity index (χ4n) is 3.44. The molecule has 0 bridgehead atoms. The van der Waals surface area contributed by atoms with Crippen molar-refractivity contribution in [2.24, 2.45) is 0 Å². The summed E-state index contributed by atoms with van der Waals surface area (Å²) in [5, 5.41) is 1.91. The lowest BCUT2D eigenvalue weighted by molar-refractivity contribution is 0.0784. The van der Waals surface area contributed by atoms with Gasteiger partial charge in [-0.3, -0.25) is 9.78 Å². The van der Waals surface area contributed by atoms with Crippen LogP contribution in [0.3, 0.4) is 0 Å². The van der Waals surface area contributed by atoms with Crippen LogP contribution in [0.15, 0.2) is 42.2 Å². The van der Waals surface area contributed by atoms with Crippen molar-refractivity contribution in [2.45, 2.75) is 26.3 Å². The van der Waals surface area contributed by atoms with E-state index in [0.717, 1.165) is 46.3 Å². The van der Waals surface area contributed by atoms with Gasteiger partial charge in [-0.1, -0.05) is 0 Å². The highest BCUT2D eigenvalue weighted by atomic mass is 35.5. The van der Waals surface area contributed by atoms with Crippen LogP contribution in [0, 0.1) is 6.92 Å². The predicted molar refractivity (Wildman–Crippen MR) is 119 cm³/mol. The number of pyridine rings is 1. The fraction of sp³-hybridized carbons (Fsp3) is 0.333. The molecule has 1 fully saturated rings. The van der Waals surface area contributed by atoms with Crippen molar-refractivity contribution in [3.63, 3.8) is 0 Å². The van der Waals surface area contributed by atoms with Crippen LogP contribution < -0.4 is 4.90 Å². The molecule has 3 aromatic rings. The molecule has 4 heterocycles. The van der Waals surface area contributed by atoms with E-state index in [-0.39, 0.29) is 18.3 Å². The molecule has 0 spiro atoms. The monoisotopic (exact) mass is 429 g/mol. The summed E-state index contributed by atoms with van der Waals surface area (Å²) in [5.74, 6) is 0.754. The Morgan fingerprint density at radius 2 is 1.97 bits per heavy atom. The van der Waals surface area contributed by atoms with Crippen molar-refractivity contribution in [1.29, 1.82) is 0 Å². The highest BCUT2D eigenvalue weighted by Crippen LogP contribution is 2.26. The topological polar surface area (TPSA) is 62.2 Å². The molecule has 1 aliphatic rings. The number of halogens is 1. The highest BCUT2D eigenvalue weighted by Gasteiger charge is 2.20. The summed E-state index contributed by atoms with van der Waals surface area (Å²) in [7, 11) is 1.82. The van der Waals surface area contributed by atoms with E-state index in [1.54, 1.807) is 28.6 Å². The normalized spacial score (nSPS) is 13.2. The zero-order valence-corrected chi connectivity index (χ0v) is 18.2. The number of aromatic nitrogens is 3. The van der Waals surface area contributed by atoms with Gasteiger partial charge in [0.25, 0.3) is 5.91 Å². The van der Waals surface area contributed by atoms with E-state index in [1.165, 1.54) is 12.8 Å². The number of rotatable bonds is 5. The molecule has 1 aliphatic heterocycles. The van der Waals surface area contributed by atoms with Crippen LogP contribution in [0.1, 0.15) is 33.8 Å². The Kier molecular flexibility index (Phi) is 6.82. The fourth-order valence-corrected chi connectivity index (χ4v) is 4.12. The van der Waals surface area contributed by atoms with Gasteiger partial charge < -0.3 is 9.80 Å². The molecule has 8 heteroatoms. The number of hydrogen-bond acceptors (Lipinski definition) is 6. The number of carbonyl (C=O) groups excluding carboxylic acids is 1. The third kappa shape index (κ3) is 4.74. The molecule has 1 saturated heterocycles. The Bertz CT molecular complexity index is 972. The summed E-state index contributed by atoms with van der Waals surface area (Å²) in [6, 6.07) is 5.83. The standard InChI is InChI=1S/C21H23N5OS.ClH/c1-15-11-17(14-28-15)20(27)25(2)13-19-18(16-5-7-22-8-6-16)12-23-21(24-19)26-9-3-4-10-26;/h5-8,11-12,14H,3-4,9-10,13H2,1-2H3;1H. The van der Waals surface area contributed by atoms with Crippen LogP contribution in [0.25, 0.3) is 11.1 Å². The molecular weight excluding hydrogens is 406 g/mol. The van der Waals surface area contributed by atoms with Crippen molar-refractivity contribution in [2.75, 3.05) is 25.0 Å². The van der Waals surface area contributed by atoms with Gasteiger partial charge in [0.05, 0.1) is 17.8 Å². The minimum absolute atomic E-state index is 0. The molecule has 29 heavy (non-hydrogen) atoms. The van der Waals surface area contributed by atoms with Crippen molar-refractivity contribution >= 4 is 35.6 Å². The maximum absolute atomic E-state index is 12.8. The minimum atomic E-state index is 0. The molecule has 0 aliphatic carbocycles. The Morgan fingerprint density at radius 1 is 1.24 bits per heavy atom. The summed E-state index contributed by atoms with van der Waals surface area (Å²) in [4.78, 5) is 31.4. The second-order valence-corrected chi connectivity index (χ2v) is 8.18. The number of hydrogen-bond donors (Lipinski definition) is 0. The van der Waals surface area contributed by atoms with Crippen molar-refractivity contribution in [1.82, 2.24) is 19.9 Å². The minimum Gasteiger partial charge on any atom is -0.341 e. The Morgan fingerprint density at radius 3 is 2.62 bits per heavy atom. The third-order valence-corrected chi connectivity index (χ3v) is 5.81. The lowest BCUT2D eigenvalue weighted by atomic mass is 10.1. The Labute approximate surface area is 181 Å². The molecule has 0 saturated carbocycles. The maximum Gasteiger partial charge on any atom is 0.254 e. The number of carbonyl (C=O) groups is 1. The lowest BCUT2D eigenvalue weighted by Gasteiger charge is -2.21. The van der Waals surface area contributed by atoms with Crippen LogP contribution in [-0.2, 0) is 6.54 Å². The molecule has 0 radical (unpaired) electrons. The second kappa shape index (κ2) is 9.33. The van der Waals surface area contributed by atoms with Crippen LogP contribution in [0.4, 0.5) is 5.95 Å². The molecule has 3 aromatic heterocycles. The molecule has 1 amide bonds. The first-order valence-electron chi connectivity index (χ1n) is 9.43. The lowest BCUT2D eigenvalue weighted by Crippen LogP contribution is -2.27. The molecule has 4 rings (SSSR count). The van der Waals surface area contributed by atoms with Crippen LogP contribution in [0.5, 0.6) is 0 Å². The average Bonchev–Trinajstić information content (AvgIpc) is 3.40. The zero-order chi connectivity index (χ0) is 19.5. The average molecular weight is 430 g/mol. The summed E-state index contributed by atoms with van der Waals surface area (Å²) < 4.78 is 0. The number of thiophene rings is 1. The summed E-state index contributed by atoms with van der Waals surface area (Å²) in [6.45, 7) is 4.40. The zero-order valence-electron chi connectivity index (χ0n) is 16.5.